The van der Waals surface area contributed by atoms with Crippen LogP contribution in [0.1, 0.15) is 48.0 Å². The lowest BCUT2D eigenvalue weighted by Crippen LogP contribution is -2.39. The number of ether oxygens (including phenoxy) is 2. The Hall–Kier alpha value is -1.99. The molecule has 1 amide bonds. The summed E-state index contributed by atoms with van der Waals surface area (Å²) in [6.07, 6.45) is 5.61. The van der Waals surface area contributed by atoms with E-state index in [9.17, 15) is 4.79 Å². The highest BCUT2D eigenvalue weighted by Gasteiger charge is 2.21. The average Bonchev–Trinajstić information content (AvgIpc) is 2.85. The average molecular weight is 508 g/mol. The number of benzene rings is 2. The summed E-state index contributed by atoms with van der Waals surface area (Å²) in [6.45, 7) is 5.35. The first-order valence-corrected chi connectivity index (χ1v) is 12.7. The number of methoxy groups -OCH3 is 1. The van der Waals surface area contributed by atoms with Gasteiger partial charge in [-0.1, -0.05) is 35.3 Å². The second kappa shape index (κ2) is 13.8. The Bertz CT molecular complexity index is 916. The normalized spacial score (nSPS) is 14.8. The smallest absolute Gasteiger partial charge is 0.255 e. The third-order valence-electron chi connectivity index (χ3n) is 6.27. The lowest BCUT2D eigenvalue weighted by Gasteiger charge is -2.32. The van der Waals surface area contributed by atoms with Gasteiger partial charge in [-0.25, -0.2) is 0 Å². The second-order valence-electron chi connectivity index (χ2n) is 8.81. The van der Waals surface area contributed by atoms with Crippen molar-refractivity contribution in [3.8, 4) is 5.75 Å². The van der Waals surface area contributed by atoms with Crippen LogP contribution in [0.15, 0.2) is 36.4 Å². The largest absolute Gasteiger partial charge is 0.496 e. The van der Waals surface area contributed by atoms with Gasteiger partial charge in [0.25, 0.3) is 5.91 Å². The molecule has 1 saturated heterocycles. The fraction of sp³-hybridized carbons (Fsp3) is 0.500. The van der Waals surface area contributed by atoms with Crippen molar-refractivity contribution in [2.24, 2.45) is 5.92 Å². The van der Waals surface area contributed by atoms with E-state index < -0.39 is 0 Å². The van der Waals surface area contributed by atoms with Crippen molar-refractivity contribution < 1.29 is 14.3 Å². The number of nitrogens with two attached hydrogens (primary N) is 1. The Morgan fingerprint density at radius 3 is 2.56 bits per heavy atom. The van der Waals surface area contributed by atoms with Crippen LogP contribution in [0.3, 0.4) is 0 Å². The van der Waals surface area contributed by atoms with Gasteiger partial charge in [-0.05, 0) is 81.4 Å². The number of rotatable bonds is 12. The predicted octanol–water partition coefficient (Wildman–Crippen LogP) is 5.41. The monoisotopic (exact) mass is 507 g/mol. The van der Waals surface area contributed by atoms with Crippen molar-refractivity contribution in [2.75, 3.05) is 45.6 Å². The third-order valence-corrected chi connectivity index (χ3v) is 6.85. The Labute approximate surface area is 212 Å². The summed E-state index contributed by atoms with van der Waals surface area (Å²) in [5, 5.41) is 4.14. The zero-order chi connectivity index (χ0) is 24.3. The molecule has 0 bridgehead atoms. The van der Waals surface area contributed by atoms with Gasteiger partial charge < -0.3 is 25.4 Å². The van der Waals surface area contributed by atoms with Gasteiger partial charge in [-0.2, -0.15) is 0 Å². The summed E-state index contributed by atoms with van der Waals surface area (Å²) in [6, 6.07) is 10.9. The summed E-state index contributed by atoms with van der Waals surface area (Å²) < 4.78 is 11.0. The van der Waals surface area contributed by atoms with E-state index >= 15 is 0 Å². The molecule has 1 heterocycles. The van der Waals surface area contributed by atoms with Crippen LogP contribution in [-0.2, 0) is 11.3 Å². The maximum atomic E-state index is 12.6. The van der Waals surface area contributed by atoms with Gasteiger partial charge in [-0.3, -0.25) is 4.79 Å². The number of amides is 1. The van der Waals surface area contributed by atoms with Crippen molar-refractivity contribution in [3.05, 3.63) is 57.6 Å². The first-order valence-electron chi connectivity index (χ1n) is 11.9. The van der Waals surface area contributed by atoms with Crippen LogP contribution in [0.25, 0.3) is 0 Å². The molecule has 0 spiro atoms. The molecule has 0 atom stereocenters. The SMILES string of the molecule is COc1cc(N)c(Cl)cc1C(=O)NCC1CCN(CCCCCOCc2ccc(Cl)cc2)CC1. The molecule has 0 aromatic heterocycles. The molecule has 2 aromatic carbocycles. The molecular weight excluding hydrogens is 473 g/mol. The Balaban J connectivity index is 1.25. The number of anilines is 1. The zero-order valence-electron chi connectivity index (χ0n) is 19.8. The van der Waals surface area contributed by atoms with Crippen LogP contribution in [0.2, 0.25) is 10.0 Å². The van der Waals surface area contributed by atoms with Gasteiger partial charge in [0.1, 0.15) is 5.75 Å². The van der Waals surface area contributed by atoms with Crippen LogP contribution < -0.4 is 15.8 Å². The molecule has 34 heavy (non-hydrogen) atoms. The van der Waals surface area contributed by atoms with E-state index in [1.807, 2.05) is 24.3 Å². The summed E-state index contributed by atoms with van der Waals surface area (Å²) in [5.74, 6) is 0.737. The number of halogens is 2. The highest BCUT2D eigenvalue weighted by Crippen LogP contribution is 2.29. The lowest BCUT2D eigenvalue weighted by atomic mass is 9.96. The lowest BCUT2D eigenvalue weighted by molar-refractivity contribution is 0.0932. The number of hydrogen-bond donors (Lipinski definition) is 2. The number of nitrogen functional groups attached to an aromatic ring is 1. The first-order chi connectivity index (χ1) is 16.5. The number of nitrogens with zero attached hydrogens (tertiary/aromatic N) is 1. The molecule has 0 saturated carbocycles. The highest BCUT2D eigenvalue weighted by atomic mass is 35.5. The van der Waals surface area contributed by atoms with Crippen molar-refractivity contribution >= 4 is 34.8 Å². The Morgan fingerprint density at radius 2 is 1.85 bits per heavy atom. The molecule has 3 rings (SSSR count). The zero-order valence-corrected chi connectivity index (χ0v) is 21.3. The predicted molar refractivity (Wildman–Crippen MR) is 139 cm³/mol. The summed E-state index contributed by atoms with van der Waals surface area (Å²) in [4.78, 5) is 15.1. The van der Waals surface area contributed by atoms with Crippen molar-refractivity contribution in [1.82, 2.24) is 10.2 Å². The van der Waals surface area contributed by atoms with Crippen LogP contribution in [0.5, 0.6) is 5.75 Å². The number of carbonyl (C=O) groups is 1. The topological polar surface area (TPSA) is 76.8 Å². The molecule has 186 valence electrons. The molecule has 1 aliphatic rings. The van der Waals surface area contributed by atoms with E-state index in [1.165, 1.54) is 20.0 Å². The van der Waals surface area contributed by atoms with Crippen LogP contribution in [-0.4, -0.2) is 50.7 Å². The van der Waals surface area contributed by atoms with E-state index in [-0.39, 0.29) is 5.91 Å². The number of nitrogens with one attached hydrogen (secondary N) is 1. The molecule has 3 N–H and O–H groups in total. The minimum atomic E-state index is -0.181. The van der Waals surface area contributed by atoms with Crippen LogP contribution in [0, 0.1) is 5.92 Å². The van der Waals surface area contributed by atoms with Gasteiger partial charge in [0, 0.05) is 24.2 Å². The van der Waals surface area contributed by atoms with E-state index in [1.54, 1.807) is 12.1 Å². The standard InChI is InChI=1S/C26H35Cl2N3O3/c1-33-25-16-24(29)23(28)15-22(25)26(32)30-17-19-9-12-31(13-10-19)11-3-2-4-14-34-18-20-5-7-21(27)8-6-20/h5-8,15-16,19H,2-4,9-14,17-18,29H2,1H3,(H,30,32). The van der Waals surface area contributed by atoms with Crippen molar-refractivity contribution in [2.45, 2.75) is 38.7 Å². The van der Waals surface area contributed by atoms with Crippen LogP contribution in [0.4, 0.5) is 5.69 Å². The van der Waals surface area contributed by atoms with Crippen molar-refractivity contribution in [3.63, 3.8) is 0 Å². The minimum Gasteiger partial charge on any atom is -0.496 e. The first kappa shape index (κ1) is 26.6. The second-order valence-corrected chi connectivity index (χ2v) is 9.65. The van der Waals surface area contributed by atoms with Gasteiger partial charge in [0.2, 0.25) is 0 Å². The van der Waals surface area contributed by atoms with Gasteiger partial charge in [-0.15, -0.1) is 0 Å². The quantitative estimate of drug-likeness (QED) is 0.296. The van der Waals surface area contributed by atoms with Gasteiger partial charge >= 0.3 is 0 Å². The summed E-state index contributed by atoms with van der Waals surface area (Å²) in [7, 11) is 1.52. The van der Waals surface area contributed by atoms with Gasteiger partial charge in [0.05, 0.1) is 30.0 Å². The highest BCUT2D eigenvalue weighted by molar-refractivity contribution is 6.33. The van der Waals surface area contributed by atoms with Gasteiger partial charge in [0.15, 0.2) is 0 Å². The molecule has 2 aromatic rings. The molecular formula is C26H35Cl2N3O3. The van der Waals surface area contributed by atoms with Crippen LogP contribution >= 0.6 is 23.2 Å². The van der Waals surface area contributed by atoms with Crippen molar-refractivity contribution in [1.29, 1.82) is 0 Å². The maximum absolute atomic E-state index is 12.6. The number of unbranched alkanes of at least 4 members (excludes halogenated alkanes) is 2. The van der Waals surface area contributed by atoms with E-state index in [2.05, 4.69) is 10.2 Å². The number of likely N-dealkylation sites (tertiary alicyclic amines) is 1. The van der Waals surface area contributed by atoms with E-state index in [4.69, 9.17) is 38.4 Å². The summed E-state index contributed by atoms with van der Waals surface area (Å²) >= 11 is 12.0. The fourth-order valence-corrected chi connectivity index (χ4v) is 4.44. The number of hydrogen-bond acceptors (Lipinski definition) is 5. The van der Waals surface area contributed by atoms with E-state index in [0.717, 1.165) is 56.1 Å². The number of piperidine rings is 1. The maximum Gasteiger partial charge on any atom is 0.255 e. The number of carbonyl (C=O) groups excluding carboxylic acids is 1. The minimum absolute atomic E-state index is 0.181. The summed E-state index contributed by atoms with van der Waals surface area (Å²) in [5.41, 5.74) is 7.76. The molecule has 0 radical (unpaired) electrons. The molecule has 8 heteroatoms. The fourth-order valence-electron chi connectivity index (χ4n) is 4.15. The Morgan fingerprint density at radius 1 is 1.12 bits per heavy atom. The third kappa shape index (κ3) is 8.35. The molecule has 6 nitrogen and oxygen atoms in total. The molecule has 1 fully saturated rings. The molecule has 0 unspecified atom stereocenters. The van der Waals surface area contributed by atoms with E-state index in [0.29, 0.717) is 41.1 Å². The molecule has 0 aliphatic carbocycles. The molecule has 1 aliphatic heterocycles. The Kier molecular flexibility index (Phi) is 10.8.